The Morgan fingerprint density at radius 3 is 2.47 bits per heavy atom. The molecule has 19 heavy (non-hydrogen) atoms. The van der Waals surface area contributed by atoms with Crippen LogP contribution in [0.1, 0.15) is 36.2 Å². The van der Waals surface area contributed by atoms with Gasteiger partial charge in [-0.3, -0.25) is 9.59 Å². The van der Waals surface area contributed by atoms with E-state index in [9.17, 15) is 14.0 Å². The highest BCUT2D eigenvalue weighted by atomic mass is 19.1. The number of aryl methyl sites for hydroxylation is 1. The van der Waals surface area contributed by atoms with Gasteiger partial charge in [0, 0.05) is 11.6 Å². The van der Waals surface area contributed by atoms with Gasteiger partial charge in [-0.2, -0.15) is 0 Å². The van der Waals surface area contributed by atoms with Gasteiger partial charge in [-0.15, -0.1) is 0 Å². The first-order valence-electron chi connectivity index (χ1n) is 6.10. The SMILES string of the molecule is Cc1cc(C(=O)NC(CC(=O)O)C(C)C)ccc1F. The first-order chi connectivity index (χ1) is 8.81. The van der Waals surface area contributed by atoms with Crippen molar-refractivity contribution in [1.29, 1.82) is 0 Å². The first kappa shape index (κ1) is 15.1. The number of carbonyl (C=O) groups is 2. The highest BCUT2D eigenvalue weighted by molar-refractivity contribution is 5.94. The molecule has 1 aromatic carbocycles. The minimum Gasteiger partial charge on any atom is -0.481 e. The van der Waals surface area contributed by atoms with Crippen LogP contribution in [0.2, 0.25) is 0 Å². The molecule has 1 rings (SSSR count). The Balaban J connectivity index is 2.81. The van der Waals surface area contributed by atoms with Gasteiger partial charge in [0.2, 0.25) is 0 Å². The number of carbonyl (C=O) groups excluding carboxylic acids is 1. The molecule has 0 fully saturated rings. The van der Waals surface area contributed by atoms with Gasteiger partial charge in [-0.25, -0.2) is 4.39 Å². The fourth-order valence-corrected chi connectivity index (χ4v) is 1.68. The number of hydrogen-bond donors (Lipinski definition) is 2. The van der Waals surface area contributed by atoms with Gasteiger partial charge in [-0.05, 0) is 36.6 Å². The Kier molecular flexibility index (Phi) is 5.03. The third-order valence-corrected chi connectivity index (χ3v) is 2.94. The van der Waals surface area contributed by atoms with Gasteiger partial charge in [-0.1, -0.05) is 13.8 Å². The van der Waals surface area contributed by atoms with E-state index in [4.69, 9.17) is 5.11 Å². The van der Waals surface area contributed by atoms with Gasteiger partial charge >= 0.3 is 5.97 Å². The van der Waals surface area contributed by atoms with E-state index in [2.05, 4.69) is 5.32 Å². The summed E-state index contributed by atoms with van der Waals surface area (Å²) in [6.07, 6.45) is -0.135. The Labute approximate surface area is 111 Å². The normalized spacial score (nSPS) is 12.3. The minimum absolute atomic E-state index is 0.00148. The predicted molar refractivity (Wildman–Crippen MR) is 69.5 cm³/mol. The average molecular weight is 267 g/mol. The van der Waals surface area contributed by atoms with Crippen molar-refractivity contribution in [3.8, 4) is 0 Å². The number of carboxylic acid groups (broad SMARTS) is 1. The molecule has 0 spiro atoms. The van der Waals surface area contributed by atoms with Crippen molar-refractivity contribution in [3.05, 3.63) is 35.1 Å². The zero-order chi connectivity index (χ0) is 14.6. The van der Waals surface area contributed by atoms with Crippen molar-refractivity contribution in [2.24, 2.45) is 5.92 Å². The van der Waals surface area contributed by atoms with Crippen LogP contribution in [0.4, 0.5) is 4.39 Å². The summed E-state index contributed by atoms with van der Waals surface area (Å²) in [5.74, 6) is -1.72. The van der Waals surface area contributed by atoms with E-state index in [0.717, 1.165) is 0 Å². The molecule has 4 nitrogen and oxygen atoms in total. The number of carboxylic acids is 1. The van der Waals surface area contributed by atoms with Crippen molar-refractivity contribution in [2.75, 3.05) is 0 Å². The molecule has 104 valence electrons. The summed E-state index contributed by atoms with van der Waals surface area (Å²) in [7, 11) is 0. The highest BCUT2D eigenvalue weighted by Gasteiger charge is 2.20. The summed E-state index contributed by atoms with van der Waals surface area (Å²) < 4.78 is 13.1. The van der Waals surface area contributed by atoms with Gasteiger partial charge in [0.1, 0.15) is 5.82 Å². The number of amides is 1. The summed E-state index contributed by atoms with van der Waals surface area (Å²) in [6.45, 7) is 5.25. The second kappa shape index (κ2) is 6.31. The number of hydrogen-bond acceptors (Lipinski definition) is 2. The molecule has 0 aliphatic heterocycles. The monoisotopic (exact) mass is 267 g/mol. The lowest BCUT2D eigenvalue weighted by molar-refractivity contribution is -0.137. The van der Waals surface area contributed by atoms with Gasteiger partial charge in [0.15, 0.2) is 0 Å². The summed E-state index contributed by atoms with van der Waals surface area (Å²) in [5.41, 5.74) is 0.710. The molecule has 0 saturated heterocycles. The van der Waals surface area contributed by atoms with Gasteiger partial charge in [0.05, 0.1) is 6.42 Å². The second-order valence-electron chi connectivity index (χ2n) is 4.89. The predicted octanol–water partition coefficient (Wildman–Crippen LogP) is 2.36. The summed E-state index contributed by atoms with van der Waals surface area (Å²) in [5, 5.41) is 11.5. The van der Waals surface area contributed by atoms with Crippen LogP contribution in [-0.4, -0.2) is 23.0 Å². The van der Waals surface area contributed by atoms with Crippen LogP contribution in [0, 0.1) is 18.7 Å². The first-order valence-corrected chi connectivity index (χ1v) is 6.10. The number of nitrogens with one attached hydrogen (secondary N) is 1. The summed E-state index contributed by atoms with van der Waals surface area (Å²) in [6, 6.07) is 3.61. The minimum atomic E-state index is -0.964. The third kappa shape index (κ3) is 4.35. The number of benzene rings is 1. The van der Waals surface area contributed by atoms with E-state index < -0.39 is 12.0 Å². The van der Waals surface area contributed by atoms with Crippen molar-refractivity contribution >= 4 is 11.9 Å². The summed E-state index contributed by atoms with van der Waals surface area (Å²) >= 11 is 0. The zero-order valence-electron chi connectivity index (χ0n) is 11.2. The van der Waals surface area contributed by atoms with E-state index >= 15 is 0 Å². The molecular weight excluding hydrogens is 249 g/mol. The molecule has 0 heterocycles. The second-order valence-corrected chi connectivity index (χ2v) is 4.89. The molecule has 0 aromatic heterocycles. The molecule has 0 radical (unpaired) electrons. The molecule has 0 aliphatic rings. The van der Waals surface area contributed by atoms with Crippen LogP contribution < -0.4 is 5.32 Å². The molecule has 0 aliphatic carbocycles. The fraction of sp³-hybridized carbons (Fsp3) is 0.429. The van der Waals surface area contributed by atoms with Crippen LogP contribution in [0.5, 0.6) is 0 Å². The number of halogens is 1. The number of rotatable bonds is 5. The fourth-order valence-electron chi connectivity index (χ4n) is 1.68. The molecule has 5 heteroatoms. The van der Waals surface area contributed by atoms with E-state index in [1.807, 2.05) is 13.8 Å². The van der Waals surface area contributed by atoms with Gasteiger partial charge < -0.3 is 10.4 Å². The van der Waals surface area contributed by atoms with Crippen molar-refractivity contribution in [2.45, 2.75) is 33.2 Å². The van der Waals surface area contributed by atoms with Crippen molar-refractivity contribution in [1.82, 2.24) is 5.32 Å². The maximum Gasteiger partial charge on any atom is 0.305 e. The largest absolute Gasteiger partial charge is 0.481 e. The van der Waals surface area contributed by atoms with Crippen LogP contribution >= 0.6 is 0 Å². The maximum absolute atomic E-state index is 13.1. The van der Waals surface area contributed by atoms with Crippen LogP contribution in [-0.2, 0) is 4.79 Å². The summed E-state index contributed by atoms with van der Waals surface area (Å²) in [4.78, 5) is 22.7. The Morgan fingerprint density at radius 1 is 1.37 bits per heavy atom. The van der Waals surface area contributed by atoms with Crippen LogP contribution in [0.3, 0.4) is 0 Å². The lowest BCUT2D eigenvalue weighted by Crippen LogP contribution is -2.40. The smallest absolute Gasteiger partial charge is 0.305 e. The quantitative estimate of drug-likeness (QED) is 0.860. The van der Waals surface area contributed by atoms with Crippen LogP contribution in [0.15, 0.2) is 18.2 Å². The van der Waals surface area contributed by atoms with Crippen LogP contribution in [0.25, 0.3) is 0 Å². The lowest BCUT2D eigenvalue weighted by Gasteiger charge is -2.20. The molecule has 1 unspecified atom stereocenters. The van der Waals surface area contributed by atoms with Gasteiger partial charge in [0.25, 0.3) is 5.91 Å². The number of aliphatic carboxylic acids is 1. The molecule has 1 amide bonds. The Bertz CT molecular complexity index is 486. The van der Waals surface area contributed by atoms with E-state index in [0.29, 0.717) is 11.1 Å². The third-order valence-electron chi connectivity index (χ3n) is 2.94. The molecule has 1 aromatic rings. The molecule has 1 atom stereocenters. The molecule has 0 bridgehead atoms. The highest BCUT2D eigenvalue weighted by Crippen LogP contribution is 2.11. The Morgan fingerprint density at radius 2 is 2.00 bits per heavy atom. The van der Waals surface area contributed by atoms with Crippen molar-refractivity contribution in [3.63, 3.8) is 0 Å². The molecule has 0 saturated carbocycles. The standard InChI is InChI=1S/C14H18FNO3/c1-8(2)12(7-13(17)18)16-14(19)10-4-5-11(15)9(3)6-10/h4-6,8,12H,7H2,1-3H3,(H,16,19)(H,17,18). The topological polar surface area (TPSA) is 66.4 Å². The van der Waals surface area contributed by atoms with E-state index in [-0.39, 0.29) is 24.1 Å². The maximum atomic E-state index is 13.1. The zero-order valence-corrected chi connectivity index (χ0v) is 11.2. The van der Waals surface area contributed by atoms with E-state index in [1.165, 1.54) is 18.2 Å². The van der Waals surface area contributed by atoms with Crippen molar-refractivity contribution < 1.29 is 19.1 Å². The molecular formula is C14H18FNO3. The lowest BCUT2D eigenvalue weighted by atomic mass is 10.0. The Hall–Kier alpha value is -1.91. The van der Waals surface area contributed by atoms with E-state index in [1.54, 1.807) is 6.92 Å². The molecule has 2 N–H and O–H groups in total. The average Bonchev–Trinajstić information content (AvgIpc) is 2.31.